The van der Waals surface area contributed by atoms with Gasteiger partial charge in [-0.25, -0.2) is 4.52 Å². The number of anilines is 2. The minimum atomic E-state index is -4.65. The Labute approximate surface area is 250 Å². The van der Waals surface area contributed by atoms with Crippen molar-refractivity contribution in [1.82, 2.24) is 19.8 Å². The molecule has 1 aromatic carbocycles. The normalized spacial score (nSPS) is 22.1. The zero-order chi connectivity index (χ0) is 31.0. The molecule has 2 aliphatic carbocycles. The van der Waals surface area contributed by atoms with Crippen molar-refractivity contribution in [3.63, 3.8) is 0 Å². The summed E-state index contributed by atoms with van der Waals surface area (Å²) in [6.07, 6.45) is -2.13. The summed E-state index contributed by atoms with van der Waals surface area (Å²) < 4.78 is 75.4. The second-order valence-electron chi connectivity index (χ2n) is 11.8. The van der Waals surface area contributed by atoms with E-state index in [2.05, 4.69) is 25.3 Å². The zero-order valence-electron chi connectivity index (χ0n) is 22.7. The summed E-state index contributed by atoms with van der Waals surface area (Å²) in [5, 5.41) is 21.1. The number of amides is 1. The number of rotatable bonds is 7. The van der Waals surface area contributed by atoms with E-state index in [0.29, 0.717) is 48.6 Å². The molecule has 1 saturated heterocycles. The standard InChI is InChI=1S/C28H24ClF5N6O4/c29-19-2-1-14(22-37-24(44-38-22)15-5-17(6-15)43-25(30)31)7-20(19)36-23(41)18-9-35-40-4-3-16(8-21(18)40)39-12-26(13-39)10-27(42,11-26)28(32,33)34/h1-4,7-9,15,17,25,42H,5-6,10-13H2,(H,36,41). The number of aliphatic hydroxyl groups is 1. The second-order valence-corrected chi connectivity index (χ2v) is 12.2. The molecule has 232 valence electrons. The summed E-state index contributed by atoms with van der Waals surface area (Å²) in [5.41, 5.74) is -0.998. The molecule has 16 heteroatoms. The third-order valence-corrected chi connectivity index (χ3v) is 9.01. The molecule has 0 bridgehead atoms. The molecule has 1 aliphatic heterocycles. The SMILES string of the molecule is O=C(Nc1cc(-c2noc(C3CC(OC(F)F)C3)n2)ccc1Cl)c1cnn2ccc(N3CC4(C3)CC(O)(C(F)(F)F)C4)cc12. The Kier molecular flexibility index (Phi) is 6.64. The van der Waals surface area contributed by atoms with E-state index in [0.717, 1.165) is 0 Å². The topological polar surface area (TPSA) is 118 Å². The van der Waals surface area contributed by atoms with Crippen molar-refractivity contribution in [3.05, 3.63) is 59.2 Å². The minimum absolute atomic E-state index is 0.189. The Balaban J connectivity index is 1.03. The van der Waals surface area contributed by atoms with Gasteiger partial charge in [-0.15, -0.1) is 0 Å². The van der Waals surface area contributed by atoms with E-state index in [1.54, 1.807) is 36.5 Å². The fourth-order valence-electron chi connectivity index (χ4n) is 6.39. The number of aromatic nitrogens is 4. The van der Waals surface area contributed by atoms with E-state index < -0.39 is 35.8 Å². The highest BCUT2D eigenvalue weighted by atomic mass is 35.5. The van der Waals surface area contributed by atoms with Crippen LogP contribution in [0.1, 0.15) is 47.8 Å². The van der Waals surface area contributed by atoms with Crippen molar-refractivity contribution in [1.29, 1.82) is 0 Å². The van der Waals surface area contributed by atoms with Crippen LogP contribution < -0.4 is 10.2 Å². The van der Waals surface area contributed by atoms with E-state index in [-0.39, 0.29) is 40.9 Å². The molecule has 4 heterocycles. The van der Waals surface area contributed by atoms with Crippen molar-refractivity contribution in [2.45, 2.75) is 56.1 Å². The van der Waals surface area contributed by atoms with Crippen LogP contribution in [0.2, 0.25) is 5.02 Å². The van der Waals surface area contributed by atoms with Crippen molar-refractivity contribution >= 4 is 34.4 Å². The summed E-state index contributed by atoms with van der Waals surface area (Å²) >= 11 is 6.37. The maximum atomic E-state index is 13.3. The summed E-state index contributed by atoms with van der Waals surface area (Å²) in [6.45, 7) is -2.11. The van der Waals surface area contributed by atoms with Crippen molar-refractivity contribution in [2.75, 3.05) is 23.3 Å². The van der Waals surface area contributed by atoms with Gasteiger partial charge in [0.2, 0.25) is 11.7 Å². The van der Waals surface area contributed by atoms with Crippen molar-refractivity contribution in [3.8, 4) is 11.4 Å². The van der Waals surface area contributed by atoms with Crippen LogP contribution in [0.5, 0.6) is 0 Å². The number of ether oxygens (including phenoxy) is 1. The van der Waals surface area contributed by atoms with Gasteiger partial charge < -0.3 is 24.6 Å². The number of hydrogen-bond acceptors (Lipinski definition) is 8. The lowest BCUT2D eigenvalue weighted by Gasteiger charge is -2.63. The molecule has 1 amide bonds. The third-order valence-electron chi connectivity index (χ3n) is 8.68. The van der Waals surface area contributed by atoms with Gasteiger partial charge >= 0.3 is 12.8 Å². The van der Waals surface area contributed by atoms with Gasteiger partial charge in [0.25, 0.3) is 5.91 Å². The number of nitrogens with one attached hydrogen (secondary N) is 1. The fraction of sp³-hybridized carbons (Fsp3) is 0.429. The monoisotopic (exact) mass is 638 g/mol. The first-order valence-corrected chi connectivity index (χ1v) is 14.1. The summed E-state index contributed by atoms with van der Waals surface area (Å²) in [6, 6.07) is 8.29. The van der Waals surface area contributed by atoms with Crippen LogP contribution in [0.4, 0.5) is 33.3 Å². The quantitative estimate of drug-likeness (QED) is 0.249. The molecule has 44 heavy (non-hydrogen) atoms. The van der Waals surface area contributed by atoms with Crippen LogP contribution >= 0.6 is 11.6 Å². The molecule has 0 unspecified atom stereocenters. The third kappa shape index (κ3) is 4.96. The van der Waals surface area contributed by atoms with E-state index >= 15 is 0 Å². The van der Waals surface area contributed by atoms with Crippen LogP contribution in [0.25, 0.3) is 16.9 Å². The van der Waals surface area contributed by atoms with E-state index in [9.17, 15) is 31.9 Å². The molecule has 7 rings (SSSR count). The number of fused-ring (bicyclic) bond motifs is 1. The second kappa shape index (κ2) is 10.1. The van der Waals surface area contributed by atoms with Gasteiger partial charge in [-0.05, 0) is 56.0 Å². The van der Waals surface area contributed by atoms with Crippen LogP contribution in [0.3, 0.4) is 0 Å². The van der Waals surface area contributed by atoms with Crippen molar-refractivity contribution in [2.24, 2.45) is 5.41 Å². The van der Waals surface area contributed by atoms with E-state index in [4.69, 9.17) is 16.1 Å². The average molecular weight is 639 g/mol. The van der Waals surface area contributed by atoms with Gasteiger partial charge in [-0.1, -0.05) is 16.8 Å². The molecular weight excluding hydrogens is 615 g/mol. The first-order valence-electron chi connectivity index (χ1n) is 13.7. The fourth-order valence-corrected chi connectivity index (χ4v) is 6.56. The Morgan fingerprint density at radius 2 is 1.93 bits per heavy atom. The number of halogens is 6. The predicted molar refractivity (Wildman–Crippen MR) is 146 cm³/mol. The molecule has 10 nitrogen and oxygen atoms in total. The van der Waals surface area contributed by atoms with Crippen LogP contribution in [0, 0.1) is 5.41 Å². The molecule has 2 saturated carbocycles. The number of nitrogens with zero attached hydrogens (tertiary/aromatic N) is 5. The largest absolute Gasteiger partial charge is 0.417 e. The van der Waals surface area contributed by atoms with Gasteiger partial charge in [0.05, 0.1) is 34.1 Å². The molecular formula is C28H24ClF5N6O4. The highest BCUT2D eigenvalue weighted by molar-refractivity contribution is 6.34. The predicted octanol–water partition coefficient (Wildman–Crippen LogP) is 5.67. The number of hydrogen-bond donors (Lipinski definition) is 2. The van der Waals surface area contributed by atoms with Crippen LogP contribution in [0.15, 0.2) is 47.2 Å². The molecule has 0 atom stereocenters. The Hall–Kier alpha value is -3.82. The van der Waals surface area contributed by atoms with E-state index in [1.165, 1.54) is 10.7 Å². The molecule has 1 spiro atoms. The van der Waals surface area contributed by atoms with Gasteiger partial charge in [-0.2, -0.15) is 32.0 Å². The molecule has 0 radical (unpaired) electrons. The van der Waals surface area contributed by atoms with Crippen LogP contribution in [-0.4, -0.2) is 68.4 Å². The number of pyridine rings is 1. The maximum absolute atomic E-state index is 13.3. The Morgan fingerprint density at radius 1 is 1.18 bits per heavy atom. The smallest absolute Gasteiger partial charge is 0.380 e. The first kappa shape index (κ1) is 28.9. The summed E-state index contributed by atoms with van der Waals surface area (Å²) in [7, 11) is 0. The number of alkyl halides is 5. The van der Waals surface area contributed by atoms with Gasteiger partial charge in [0.15, 0.2) is 5.60 Å². The highest BCUT2D eigenvalue weighted by Gasteiger charge is 2.69. The lowest BCUT2D eigenvalue weighted by atomic mass is 9.55. The lowest BCUT2D eigenvalue weighted by molar-refractivity contribution is -0.319. The van der Waals surface area contributed by atoms with Gasteiger partial charge in [0.1, 0.15) is 0 Å². The zero-order valence-corrected chi connectivity index (χ0v) is 23.4. The molecule has 4 aromatic rings. The summed E-state index contributed by atoms with van der Waals surface area (Å²) in [4.78, 5) is 19.6. The number of carbonyl (C=O) groups is 1. The van der Waals surface area contributed by atoms with E-state index in [1.807, 2.05) is 4.90 Å². The van der Waals surface area contributed by atoms with Crippen LogP contribution in [-0.2, 0) is 4.74 Å². The molecule has 2 N–H and O–H groups in total. The molecule has 3 aliphatic rings. The first-order chi connectivity index (χ1) is 20.8. The van der Waals surface area contributed by atoms with Gasteiger partial charge in [-0.3, -0.25) is 4.79 Å². The minimum Gasteiger partial charge on any atom is -0.380 e. The number of benzene rings is 1. The average Bonchev–Trinajstić information content (AvgIpc) is 3.55. The van der Waals surface area contributed by atoms with Gasteiger partial charge in [0, 0.05) is 41.9 Å². The maximum Gasteiger partial charge on any atom is 0.417 e. The number of carbonyl (C=O) groups excluding carboxylic acids is 1. The van der Waals surface area contributed by atoms with Crippen molar-refractivity contribution < 1.29 is 41.1 Å². The highest BCUT2D eigenvalue weighted by Crippen LogP contribution is 2.60. The Bertz CT molecular complexity index is 1740. The Morgan fingerprint density at radius 3 is 2.64 bits per heavy atom. The molecule has 3 aromatic heterocycles. The lowest BCUT2D eigenvalue weighted by Crippen LogP contribution is -2.71. The molecule has 3 fully saturated rings. The summed E-state index contributed by atoms with van der Waals surface area (Å²) in [5.74, 6) is -0.152.